The number of para-hydroxylation sites is 1. The van der Waals surface area contributed by atoms with Crippen LogP contribution in [0.15, 0.2) is 30.5 Å². The number of aromatic nitrogens is 2. The molecule has 2 aromatic rings. The molecule has 0 aliphatic carbocycles. The average Bonchev–Trinajstić information content (AvgIpc) is 2.92. The number of ether oxygens (including phenoxy) is 1. The van der Waals surface area contributed by atoms with Crippen molar-refractivity contribution < 1.29 is 9.53 Å². The number of carbonyl (C=O) groups excluding carboxylic acids is 1. The highest BCUT2D eigenvalue weighted by molar-refractivity contribution is 5.78. The zero-order valence-corrected chi connectivity index (χ0v) is 15.2. The van der Waals surface area contributed by atoms with Crippen molar-refractivity contribution in [3.8, 4) is 5.75 Å². The van der Waals surface area contributed by atoms with Crippen molar-refractivity contribution in [1.29, 1.82) is 0 Å². The van der Waals surface area contributed by atoms with E-state index in [1.54, 1.807) is 0 Å². The summed E-state index contributed by atoms with van der Waals surface area (Å²) < 4.78 is 7.53. The summed E-state index contributed by atoms with van der Waals surface area (Å²) in [6, 6.07) is 7.77. The molecule has 2 heterocycles. The van der Waals surface area contributed by atoms with Crippen LogP contribution in [0.1, 0.15) is 16.8 Å². The molecule has 25 heavy (non-hydrogen) atoms. The third kappa shape index (κ3) is 4.39. The Kier molecular flexibility index (Phi) is 5.38. The van der Waals surface area contributed by atoms with Crippen molar-refractivity contribution in [1.82, 2.24) is 19.6 Å². The lowest BCUT2D eigenvalue weighted by atomic mass is 10.2. The van der Waals surface area contributed by atoms with Gasteiger partial charge in [0.15, 0.2) is 6.61 Å². The molecule has 1 saturated heterocycles. The van der Waals surface area contributed by atoms with E-state index in [9.17, 15) is 4.79 Å². The molecule has 0 N–H and O–H groups in total. The van der Waals surface area contributed by atoms with Crippen LogP contribution in [0, 0.1) is 13.8 Å². The smallest absolute Gasteiger partial charge is 0.260 e. The van der Waals surface area contributed by atoms with Gasteiger partial charge in [-0.3, -0.25) is 14.4 Å². The number of benzene rings is 1. The summed E-state index contributed by atoms with van der Waals surface area (Å²) in [5, 5.41) is 4.39. The van der Waals surface area contributed by atoms with Crippen LogP contribution >= 0.6 is 0 Å². The number of hydrogen-bond donors (Lipinski definition) is 0. The first-order chi connectivity index (χ1) is 12.0. The molecule has 6 heteroatoms. The van der Waals surface area contributed by atoms with Gasteiger partial charge < -0.3 is 9.64 Å². The predicted molar refractivity (Wildman–Crippen MR) is 96.5 cm³/mol. The van der Waals surface area contributed by atoms with Crippen LogP contribution in [-0.4, -0.2) is 58.3 Å². The molecule has 0 spiro atoms. The van der Waals surface area contributed by atoms with E-state index in [1.165, 1.54) is 5.56 Å². The Hall–Kier alpha value is -2.34. The average molecular weight is 342 g/mol. The maximum absolute atomic E-state index is 12.4. The highest BCUT2D eigenvalue weighted by Crippen LogP contribution is 2.16. The van der Waals surface area contributed by atoms with Gasteiger partial charge in [0, 0.05) is 51.5 Å². The van der Waals surface area contributed by atoms with E-state index in [4.69, 9.17) is 4.74 Å². The van der Waals surface area contributed by atoms with Crippen molar-refractivity contribution in [2.75, 3.05) is 32.8 Å². The van der Waals surface area contributed by atoms with Gasteiger partial charge in [0.25, 0.3) is 5.91 Å². The molecular formula is C19H26N4O2. The second-order valence-electron chi connectivity index (χ2n) is 6.62. The van der Waals surface area contributed by atoms with Crippen LogP contribution in [0.5, 0.6) is 5.75 Å². The van der Waals surface area contributed by atoms with Crippen LogP contribution < -0.4 is 4.74 Å². The summed E-state index contributed by atoms with van der Waals surface area (Å²) in [6.07, 6.45) is 2.07. The van der Waals surface area contributed by atoms with E-state index in [2.05, 4.69) is 16.2 Å². The summed E-state index contributed by atoms with van der Waals surface area (Å²) in [5.74, 6) is 0.835. The minimum Gasteiger partial charge on any atom is -0.484 e. The van der Waals surface area contributed by atoms with Crippen LogP contribution in [0.4, 0.5) is 0 Å². The fourth-order valence-electron chi connectivity index (χ4n) is 3.15. The summed E-state index contributed by atoms with van der Waals surface area (Å²) in [7, 11) is 1.95. The van der Waals surface area contributed by atoms with Gasteiger partial charge in [-0.2, -0.15) is 5.10 Å². The zero-order valence-electron chi connectivity index (χ0n) is 15.2. The van der Waals surface area contributed by atoms with Gasteiger partial charge in [0.1, 0.15) is 5.75 Å². The Bertz CT molecular complexity index is 733. The minimum absolute atomic E-state index is 0.0560. The third-order valence-electron chi connectivity index (χ3n) is 4.68. The number of rotatable bonds is 5. The second kappa shape index (κ2) is 7.70. The van der Waals surface area contributed by atoms with Crippen molar-refractivity contribution >= 4 is 5.91 Å². The quantitative estimate of drug-likeness (QED) is 0.831. The molecule has 0 atom stereocenters. The molecule has 0 unspecified atom stereocenters. The number of hydrogen-bond acceptors (Lipinski definition) is 4. The van der Waals surface area contributed by atoms with E-state index in [1.807, 2.05) is 54.7 Å². The number of aryl methyl sites for hydroxylation is 3. The van der Waals surface area contributed by atoms with Gasteiger partial charge in [-0.15, -0.1) is 0 Å². The van der Waals surface area contributed by atoms with Crippen molar-refractivity contribution in [3.63, 3.8) is 0 Å². The van der Waals surface area contributed by atoms with Crippen LogP contribution in [0.2, 0.25) is 0 Å². The third-order valence-corrected chi connectivity index (χ3v) is 4.68. The lowest BCUT2D eigenvalue weighted by molar-refractivity contribution is -0.135. The van der Waals surface area contributed by atoms with Gasteiger partial charge in [-0.05, 0) is 25.5 Å². The molecule has 1 aromatic carbocycles. The van der Waals surface area contributed by atoms with Gasteiger partial charge in [0.05, 0.1) is 5.69 Å². The Balaban J connectivity index is 1.46. The molecule has 0 saturated carbocycles. The number of carbonyl (C=O) groups is 1. The van der Waals surface area contributed by atoms with Crippen LogP contribution in [0.3, 0.4) is 0 Å². The van der Waals surface area contributed by atoms with E-state index < -0.39 is 0 Å². The molecule has 0 bridgehead atoms. The standard InChI is InChI=1S/C19H26N4O2/c1-15-6-4-5-7-18(15)25-14-19(24)23-10-8-22(9-11-23)13-17-12-21(3)20-16(17)2/h4-7,12H,8-11,13-14H2,1-3H3. The van der Waals surface area contributed by atoms with Crippen LogP contribution in [-0.2, 0) is 18.4 Å². The SMILES string of the molecule is Cc1ccccc1OCC(=O)N1CCN(Cc2cn(C)nc2C)CC1. The maximum atomic E-state index is 12.4. The largest absolute Gasteiger partial charge is 0.484 e. The Labute approximate surface area is 149 Å². The Morgan fingerprint density at radius 1 is 1.16 bits per heavy atom. The van der Waals surface area contributed by atoms with Crippen molar-refractivity contribution in [2.24, 2.45) is 7.05 Å². The molecule has 1 fully saturated rings. The Morgan fingerprint density at radius 3 is 2.52 bits per heavy atom. The second-order valence-corrected chi connectivity index (χ2v) is 6.62. The summed E-state index contributed by atoms with van der Waals surface area (Å²) in [5.41, 5.74) is 3.38. The van der Waals surface area contributed by atoms with Gasteiger partial charge in [-0.1, -0.05) is 18.2 Å². The number of amides is 1. The molecule has 6 nitrogen and oxygen atoms in total. The topological polar surface area (TPSA) is 50.6 Å². The van der Waals surface area contributed by atoms with E-state index >= 15 is 0 Å². The molecule has 1 aliphatic rings. The maximum Gasteiger partial charge on any atom is 0.260 e. The molecule has 0 radical (unpaired) electrons. The number of piperazine rings is 1. The first-order valence-corrected chi connectivity index (χ1v) is 8.70. The van der Waals surface area contributed by atoms with Crippen LogP contribution in [0.25, 0.3) is 0 Å². The lowest BCUT2D eigenvalue weighted by Crippen LogP contribution is -2.49. The molecule has 134 valence electrons. The molecule has 1 aromatic heterocycles. The summed E-state index contributed by atoms with van der Waals surface area (Å²) in [6.45, 7) is 8.27. The summed E-state index contributed by atoms with van der Waals surface area (Å²) >= 11 is 0. The van der Waals surface area contributed by atoms with E-state index in [0.717, 1.165) is 49.7 Å². The monoisotopic (exact) mass is 342 g/mol. The predicted octanol–water partition coefficient (Wildman–Crippen LogP) is 1.76. The summed E-state index contributed by atoms with van der Waals surface area (Å²) in [4.78, 5) is 16.6. The number of nitrogens with zero attached hydrogens (tertiary/aromatic N) is 4. The first-order valence-electron chi connectivity index (χ1n) is 8.70. The molecule has 1 aliphatic heterocycles. The van der Waals surface area contributed by atoms with Gasteiger partial charge >= 0.3 is 0 Å². The van der Waals surface area contributed by atoms with Crippen molar-refractivity contribution in [2.45, 2.75) is 20.4 Å². The van der Waals surface area contributed by atoms with E-state index in [-0.39, 0.29) is 12.5 Å². The fourth-order valence-corrected chi connectivity index (χ4v) is 3.15. The normalized spacial score (nSPS) is 15.4. The molecule has 3 rings (SSSR count). The lowest BCUT2D eigenvalue weighted by Gasteiger charge is -2.34. The molecular weight excluding hydrogens is 316 g/mol. The highest BCUT2D eigenvalue weighted by Gasteiger charge is 2.22. The van der Waals surface area contributed by atoms with E-state index in [0.29, 0.717) is 0 Å². The minimum atomic E-state index is 0.0560. The van der Waals surface area contributed by atoms with Gasteiger partial charge in [0.2, 0.25) is 0 Å². The fraction of sp³-hybridized carbons (Fsp3) is 0.474. The first kappa shape index (κ1) is 17.5. The highest BCUT2D eigenvalue weighted by atomic mass is 16.5. The Morgan fingerprint density at radius 2 is 1.88 bits per heavy atom. The zero-order chi connectivity index (χ0) is 17.8. The van der Waals surface area contributed by atoms with Gasteiger partial charge in [-0.25, -0.2) is 0 Å². The molecule has 1 amide bonds. The van der Waals surface area contributed by atoms with Crippen molar-refractivity contribution in [3.05, 3.63) is 47.3 Å².